The first-order chi connectivity index (χ1) is 16.5. The summed E-state index contributed by atoms with van der Waals surface area (Å²) in [4.78, 5) is 22.0. The van der Waals surface area contributed by atoms with Gasteiger partial charge >= 0.3 is 0 Å². The van der Waals surface area contributed by atoms with E-state index < -0.39 is 0 Å². The molecule has 0 atom stereocenters. The first-order valence-electron chi connectivity index (χ1n) is 11.0. The number of benzene rings is 2. The number of nitrogens with zero attached hydrogens (tertiary/aromatic N) is 5. The molecule has 2 heterocycles. The summed E-state index contributed by atoms with van der Waals surface area (Å²) in [5, 5.41) is 12.7. The van der Waals surface area contributed by atoms with Crippen molar-refractivity contribution in [2.75, 3.05) is 6.54 Å². The summed E-state index contributed by atoms with van der Waals surface area (Å²) < 4.78 is 1.67. The van der Waals surface area contributed by atoms with Crippen LogP contribution in [0, 0.1) is 13.8 Å². The smallest absolute Gasteiger partial charge is 0.273 e. The van der Waals surface area contributed by atoms with Crippen molar-refractivity contribution in [2.45, 2.75) is 37.6 Å². The molecular weight excluding hydrogens is 468 g/mol. The molecule has 34 heavy (non-hydrogen) atoms. The lowest BCUT2D eigenvalue weighted by Crippen LogP contribution is -2.26. The average molecular weight is 493 g/mol. The Hall–Kier alpha value is -3.23. The fourth-order valence-corrected chi connectivity index (χ4v) is 4.58. The van der Waals surface area contributed by atoms with Gasteiger partial charge in [-0.3, -0.25) is 4.79 Å². The topological polar surface area (TPSA) is 85.6 Å². The van der Waals surface area contributed by atoms with Crippen molar-refractivity contribution in [2.24, 2.45) is 0 Å². The highest BCUT2D eigenvalue weighted by Gasteiger charge is 2.21. The van der Waals surface area contributed by atoms with E-state index >= 15 is 0 Å². The van der Waals surface area contributed by atoms with Gasteiger partial charge in [-0.1, -0.05) is 58.9 Å². The maximum atomic E-state index is 13.0. The highest BCUT2D eigenvalue weighted by molar-refractivity contribution is 7.98. The van der Waals surface area contributed by atoms with Gasteiger partial charge in [-0.05, 0) is 62.6 Å². The van der Waals surface area contributed by atoms with Crippen molar-refractivity contribution in [1.82, 2.24) is 30.3 Å². The van der Waals surface area contributed by atoms with Gasteiger partial charge < -0.3 is 5.32 Å². The average Bonchev–Trinajstić information content (AvgIpc) is 3.25. The molecule has 0 saturated carbocycles. The quantitative estimate of drug-likeness (QED) is 0.201. The Morgan fingerprint density at radius 2 is 1.74 bits per heavy atom. The van der Waals surface area contributed by atoms with E-state index in [1.807, 2.05) is 50.2 Å². The molecule has 4 aromatic rings. The van der Waals surface area contributed by atoms with Crippen LogP contribution in [-0.2, 0) is 12.2 Å². The number of aromatic nitrogens is 5. The van der Waals surface area contributed by atoms with Crippen LogP contribution >= 0.6 is 23.4 Å². The van der Waals surface area contributed by atoms with E-state index in [1.54, 1.807) is 16.8 Å². The summed E-state index contributed by atoms with van der Waals surface area (Å²) in [6.45, 7) is 4.42. The molecule has 7 nitrogen and oxygen atoms in total. The minimum atomic E-state index is -0.245. The number of nitrogens with one attached hydrogen (secondary N) is 1. The van der Waals surface area contributed by atoms with E-state index in [-0.39, 0.29) is 5.91 Å². The number of carbonyl (C=O) groups excluding carboxylic acids is 1. The Balaban J connectivity index is 1.51. The Bertz CT molecular complexity index is 1240. The van der Waals surface area contributed by atoms with Gasteiger partial charge in [-0.2, -0.15) is 0 Å². The van der Waals surface area contributed by atoms with E-state index in [0.717, 1.165) is 29.9 Å². The van der Waals surface area contributed by atoms with Gasteiger partial charge in [0.15, 0.2) is 10.9 Å². The summed E-state index contributed by atoms with van der Waals surface area (Å²) >= 11 is 7.50. The van der Waals surface area contributed by atoms with Crippen LogP contribution in [0.5, 0.6) is 0 Å². The SMILES string of the molecule is Cc1cc(C)nc(SCc2c(C(=O)NCCCc3ccccc3)nnn2-c2ccc(Cl)cc2)n1. The Morgan fingerprint density at radius 3 is 2.44 bits per heavy atom. The first kappa shape index (κ1) is 23.9. The zero-order chi connectivity index (χ0) is 23.9. The maximum absolute atomic E-state index is 13.0. The van der Waals surface area contributed by atoms with E-state index in [2.05, 4.69) is 37.7 Å². The Kier molecular flexibility index (Phi) is 7.92. The molecular formula is C25H25ClN6OS. The van der Waals surface area contributed by atoms with Gasteiger partial charge in [0.05, 0.1) is 11.4 Å². The van der Waals surface area contributed by atoms with Crippen LogP contribution in [0.1, 0.15) is 39.6 Å². The molecule has 0 radical (unpaired) electrons. The predicted molar refractivity (Wildman–Crippen MR) is 135 cm³/mol. The number of amides is 1. The van der Waals surface area contributed by atoms with E-state index in [9.17, 15) is 4.79 Å². The predicted octanol–water partition coefficient (Wildman–Crippen LogP) is 4.98. The number of carbonyl (C=O) groups is 1. The van der Waals surface area contributed by atoms with Crippen molar-refractivity contribution >= 4 is 29.3 Å². The third-order valence-corrected chi connectivity index (χ3v) is 6.23. The molecule has 0 aliphatic carbocycles. The van der Waals surface area contributed by atoms with Crippen LogP contribution in [0.3, 0.4) is 0 Å². The highest BCUT2D eigenvalue weighted by Crippen LogP contribution is 2.24. The summed E-state index contributed by atoms with van der Waals surface area (Å²) in [5.74, 6) is 0.191. The number of halogens is 1. The molecule has 0 bridgehead atoms. The zero-order valence-electron chi connectivity index (χ0n) is 19.0. The monoisotopic (exact) mass is 492 g/mol. The van der Waals surface area contributed by atoms with E-state index in [4.69, 9.17) is 11.6 Å². The van der Waals surface area contributed by atoms with Crippen LogP contribution in [0.25, 0.3) is 5.69 Å². The number of thioether (sulfide) groups is 1. The Labute approximate surface area is 208 Å². The van der Waals surface area contributed by atoms with E-state index in [0.29, 0.717) is 33.9 Å². The summed E-state index contributed by atoms with van der Waals surface area (Å²) in [7, 11) is 0. The maximum Gasteiger partial charge on any atom is 0.273 e. The molecule has 2 aromatic heterocycles. The van der Waals surface area contributed by atoms with Gasteiger partial charge in [0.2, 0.25) is 0 Å². The van der Waals surface area contributed by atoms with Crippen LogP contribution in [0.4, 0.5) is 0 Å². The molecule has 0 aliphatic rings. The standard InChI is InChI=1S/C25H25ClN6OS/c1-17-15-18(2)29-25(28-17)34-16-22-23(30-31-32(22)21-12-10-20(26)11-13-21)24(33)27-14-6-9-19-7-4-3-5-8-19/h3-5,7-8,10-13,15H,6,9,14,16H2,1-2H3,(H,27,33). The second-order valence-electron chi connectivity index (χ2n) is 7.84. The summed E-state index contributed by atoms with van der Waals surface area (Å²) in [6.07, 6.45) is 1.73. The van der Waals surface area contributed by atoms with Gasteiger partial charge in [-0.15, -0.1) is 5.10 Å². The number of hydrogen-bond donors (Lipinski definition) is 1. The van der Waals surface area contributed by atoms with Gasteiger partial charge in [0.1, 0.15) is 0 Å². The Morgan fingerprint density at radius 1 is 1.03 bits per heavy atom. The highest BCUT2D eigenvalue weighted by atomic mass is 35.5. The van der Waals surface area contributed by atoms with Crippen molar-refractivity contribution in [1.29, 1.82) is 0 Å². The van der Waals surface area contributed by atoms with Crippen LogP contribution in [0.15, 0.2) is 65.8 Å². The normalized spacial score (nSPS) is 10.9. The fourth-order valence-electron chi connectivity index (χ4n) is 3.51. The molecule has 0 aliphatic heterocycles. The molecule has 1 N–H and O–H groups in total. The van der Waals surface area contributed by atoms with Crippen molar-refractivity contribution in [3.8, 4) is 5.69 Å². The van der Waals surface area contributed by atoms with Crippen molar-refractivity contribution in [3.05, 3.63) is 94.0 Å². The largest absolute Gasteiger partial charge is 0.351 e. The molecule has 0 saturated heterocycles. The summed E-state index contributed by atoms with van der Waals surface area (Å²) in [5.41, 5.74) is 4.79. The van der Waals surface area contributed by atoms with Gasteiger partial charge in [-0.25, -0.2) is 14.6 Å². The molecule has 9 heteroatoms. The third kappa shape index (κ3) is 6.21. The lowest BCUT2D eigenvalue weighted by Gasteiger charge is -2.09. The molecule has 2 aromatic carbocycles. The molecule has 0 spiro atoms. The van der Waals surface area contributed by atoms with Gasteiger partial charge in [0.25, 0.3) is 5.91 Å². The van der Waals surface area contributed by atoms with Crippen LogP contribution < -0.4 is 5.32 Å². The third-order valence-electron chi connectivity index (χ3n) is 5.12. The molecule has 4 rings (SSSR count). The fraction of sp³-hybridized carbons (Fsp3) is 0.240. The van der Waals surface area contributed by atoms with Gasteiger partial charge in [0, 0.05) is 28.7 Å². The van der Waals surface area contributed by atoms with Crippen LogP contribution in [0.2, 0.25) is 5.02 Å². The first-order valence-corrected chi connectivity index (χ1v) is 12.3. The van der Waals surface area contributed by atoms with Crippen LogP contribution in [-0.4, -0.2) is 37.4 Å². The molecule has 0 unspecified atom stereocenters. The summed E-state index contributed by atoms with van der Waals surface area (Å²) in [6, 6.07) is 19.4. The minimum Gasteiger partial charge on any atom is -0.351 e. The van der Waals surface area contributed by atoms with Crippen molar-refractivity contribution < 1.29 is 4.79 Å². The minimum absolute atomic E-state index is 0.245. The molecule has 1 amide bonds. The lowest BCUT2D eigenvalue weighted by atomic mass is 10.1. The second-order valence-corrected chi connectivity index (χ2v) is 9.22. The molecule has 0 fully saturated rings. The lowest BCUT2D eigenvalue weighted by molar-refractivity contribution is 0.0947. The number of rotatable bonds is 9. The molecule has 174 valence electrons. The zero-order valence-corrected chi connectivity index (χ0v) is 20.6. The van der Waals surface area contributed by atoms with Crippen molar-refractivity contribution in [3.63, 3.8) is 0 Å². The number of aryl methyl sites for hydroxylation is 3. The second kappa shape index (κ2) is 11.3. The number of hydrogen-bond acceptors (Lipinski definition) is 6. The van der Waals surface area contributed by atoms with E-state index in [1.165, 1.54) is 17.3 Å².